The third-order valence-corrected chi connectivity index (χ3v) is 6.48. The second-order valence-corrected chi connectivity index (χ2v) is 9.29. The molecule has 0 aliphatic heterocycles. The van der Waals surface area contributed by atoms with Gasteiger partial charge in [0.25, 0.3) is 0 Å². The van der Waals surface area contributed by atoms with Gasteiger partial charge in [0.1, 0.15) is 5.75 Å². The van der Waals surface area contributed by atoms with E-state index in [1.807, 2.05) is 48.5 Å². The number of phenolic OH excluding ortho intramolecular Hbond substituents is 3. The molecule has 0 fully saturated rings. The number of aliphatic hydroxyl groups excluding tert-OH is 1. The fourth-order valence-corrected chi connectivity index (χ4v) is 4.39. The van der Waals surface area contributed by atoms with E-state index in [0.717, 1.165) is 74.0 Å². The van der Waals surface area contributed by atoms with Gasteiger partial charge < -0.3 is 31.1 Å². The Morgan fingerprint density at radius 2 is 1.42 bits per heavy atom. The number of hydrogen-bond acceptors (Lipinski definition) is 6. The molecule has 0 amide bonds. The van der Waals surface area contributed by atoms with E-state index >= 15 is 0 Å². The first-order valence-corrected chi connectivity index (χ1v) is 13.0. The zero-order chi connectivity index (χ0) is 25.6. The van der Waals surface area contributed by atoms with Crippen molar-refractivity contribution < 1.29 is 20.4 Å². The topological polar surface area (TPSA) is 105 Å². The molecule has 1 unspecified atom stereocenters. The molecule has 3 aromatic carbocycles. The van der Waals surface area contributed by atoms with Gasteiger partial charge in [-0.2, -0.15) is 0 Å². The SMILES string of the molecule is Oc1cccc(CCc2c(CCNCCCCCCNCC(O)c3ccccc3)ccc(O)c2O)c1. The first kappa shape index (κ1) is 27.5. The average Bonchev–Trinajstić information content (AvgIpc) is 2.89. The van der Waals surface area contributed by atoms with Crippen LogP contribution in [0.1, 0.15) is 54.0 Å². The quantitative estimate of drug-likeness (QED) is 0.129. The number of benzene rings is 3. The summed E-state index contributed by atoms with van der Waals surface area (Å²) in [6.45, 7) is 3.24. The minimum atomic E-state index is -0.460. The highest BCUT2D eigenvalue weighted by atomic mass is 16.3. The van der Waals surface area contributed by atoms with E-state index in [0.29, 0.717) is 19.4 Å². The Bertz CT molecular complexity index is 1040. The van der Waals surface area contributed by atoms with Crippen LogP contribution in [-0.4, -0.2) is 46.6 Å². The zero-order valence-corrected chi connectivity index (χ0v) is 21.0. The number of nitrogens with one attached hydrogen (secondary N) is 2. The second kappa shape index (κ2) is 15.1. The van der Waals surface area contributed by atoms with Gasteiger partial charge in [-0.05, 0) is 86.6 Å². The second-order valence-electron chi connectivity index (χ2n) is 9.29. The zero-order valence-electron chi connectivity index (χ0n) is 21.0. The van der Waals surface area contributed by atoms with Gasteiger partial charge in [-0.1, -0.05) is 61.4 Å². The van der Waals surface area contributed by atoms with E-state index < -0.39 is 6.10 Å². The summed E-state index contributed by atoms with van der Waals surface area (Å²) in [6.07, 6.45) is 6.09. The fourth-order valence-electron chi connectivity index (χ4n) is 4.39. The van der Waals surface area contributed by atoms with Gasteiger partial charge in [-0.3, -0.25) is 0 Å². The fraction of sp³-hybridized carbons (Fsp3) is 0.400. The van der Waals surface area contributed by atoms with E-state index in [2.05, 4.69) is 10.6 Å². The standard InChI is InChI=1S/C30H40N2O4/c33-26-12-8-9-23(21-26)13-15-27-24(14-16-28(34)30(27)36)17-20-31-18-6-1-2-7-19-32-22-29(35)25-10-4-3-5-11-25/h3-5,8-12,14,16,21,29,31-36H,1-2,6-7,13,15,17-20,22H2. The molecule has 1 atom stereocenters. The number of rotatable bonds is 16. The van der Waals surface area contributed by atoms with Gasteiger partial charge in [-0.15, -0.1) is 0 Å². The minimum Gasteiger partial charge on any atom is -0.508 e. The van der Waals surface area contributed by atoms with Crippen LogP contribution in [0.3, 0.4) is 0 Å². The molecule has 0 radical (unpaired) electrons. The predicted molar refractivity (Wildman–Crippen MR) is 145 cm³/mol. The molecule has 6 nitrogen and oxygen atoms in total. The van der Waals surface area contributed by atoms with E-state index in [-0.39, 0.29) is 17.2 Å². The normalized spacial score (nSPS) is 12.0. The molecule has 6 N–H and O–H groups in total. The largest absolute Gasteiger partial charge is 0.508 e. The third kappa shape index (κ3) is 9.19. The lowest BCUT2D eigenvalue weighted by atomic mass is 9.96. The Balaban J connectivity index is 1.28. The molecule has 0 aromatic heterocycles. The number of unbranched alkanes of at least 4 members (excludes halogenated alkanes) is 3. The molecule has 36 heavy (non-hydrogen) atoms. The van der Waals surface area contributed by atoms with Crippen LogP contribution >= 0.6 is 0 Å². The van der Waals surface area contributed by atoms with Crippen molar-refractivity contribution in [3.63, 3.8) is 0 Å². The summed E-state index contributed by atoms with van der Waals surface area (Å²) in [6, 6.07) is 20.3. The minimum absolute atomic E-state index is 0.0439. The van der Waals surface area contributed by atoms with Crippen LogP contribution in [0.25, 0.3) is 0 Å². The summed E-state index contributed by atoms with van der Waals surface area (Å²) in [7, 11) is 0. The number of hydrogen-bond donors (Lipinski definition) is 6. The van der Waals surface area contributed by atoms with Crippen molar-refractivity contribution in [2.75, 3.05) is 26.2 Å². The lowest BCUT2D eigenvalue weighted by molar-refractivity contribution is 0.174. The first-order chi connectivity index (χ1) is 17.5. The van der Waals surface area contributed by atoms with E-state index in [1.54, 1.807) is 18.2 Å². The molecule has 0 saturated heterocycles. The van der Waals surface area contributed by atoms with Crippen LogP contribution in [0.2, 0.25) is 0 Å². The maximum absolute atomic E-state index is 10.4. The maximum atomic E-state index is 10.4. The summed E-state index contributed by atoms with van der Waals surface area (Å²) in [4.78, 5) is 0. The molecule has 0 bridgehead atoms. The van der Waals surface area contributed by atoms with Crippen molar-refractivity contribution in [3.05, 3.63) is 89.0 Å². The van der Waals surface area contributed by atoms with Crippen LogP contribution in [0, 0.1) is 0 Å². The molecule has 0 aliphatic rings. The maximum Gasteiger partial charge on any atom is 0.160 e. The van der Waals surface area contributed by atoms with Crippen LogP contribution in [-0.2, 0) is 19.3 Å². The molecular formula is C30H40N2O4. The summed E-state index contributed by atoms with van der Waals surface area (Å²) in [5.74, 6) is 0.0920. The monoisotopic (exact) mass is 492 g/mol. The lowest BCUT2D eigenvalue weighted by Crippen LogP contribution is -2.22. The van der Waals surface area contributed by atoms with E-state index in [9.17, 15) is 20.4 Å². The summed E-state index contributed by atoms with van der Waals surface area (Å²) < 4.78 is 0. The molecular weight excluding hydrogens is 452 g/mol. The van der Waals surface area contributed by atoms with Crippen LogP contribution in [0.5, 0.6) is 17.2 Å². The molecule has 3 rings (SSSR count). The number of aromatic hydroxyl groups is 3. The Hall–Kier alpha value is -3.06. The average molecular weight is 493 g/mol. The summed E-state index contributed by atoms with van der Waals surface area (Å²) in [5, 5.41) is 47.0. The van der Waals surface area contributed by atoms with Crippen molar-refractivity contribution >= 4 is 0 Å². The van der Waals surface area contributed by atoms with Gasteiger partial charge in [0.15, 0.2) is 11.5 Å². The highest BCUT2D eigenvalue weighted by Gasteiger charge is 2.12. The first-order valence-electron chi connectivity index (χ1n) is 13.0. The van der Waals surface area contributed by atoms with Crippen LogP contribution < -0.4 is 10.6 Å². The Kier molecular flexibility index (Phi) is 11.6. The molecule has 194 valence electrons. The van der Waals surface area contributed by atoms with Gasteiger partial charge >= 0.3 is 0 Å². The molecule has 0 saturated carbocycles. The van der Waals surface area contributed by atoms with Crippen molar-refractivity contribution in [2.24, 2.45) is 0 Å². The highest BCUT2D eigenvalue weighted by Crippen LogP contribution is 2.32. The Morgan fingerprint density at radius 3 is 2.17 bits per heavy atom. The summed E-state index contributed by atoms with van der Waals surface area (Å²) >= 11 is 0. The molecule has 0 heterocycles. The van der Waals surface area contributed by atoms with Gasteiger partial charge in [-0.25, -0.2) is 0 Å². The van der Waals surface area contributed by atoms with Crippen molar-refractivity contribution in [1.29, 1.82) is 0 Å². The Morgan fingerprint density at radius 1 is 0.667 bits per heavy atom. The highest BCUT2D eigenvalue weighted by molar-refractivity contribution is 5.49. The predicted octanol–water partition coefficient (Wildman–Crippen LogP) is 4.60. The van der Waals surface area contributed by atoms with Crippen molar-refractivity contribution in [1.82, 2.24) is 10.6 Å². The van der Waals surface area contributed by atoms with Crippen LogP contribution in [0.15, 0.2) is 66.7 Å². The van der Waals surface area contributed by atoms with Crippen LogP contribution in [0.4, 0.5) is 0 Å². The lowest BCUT2D eigenvalue weighted by Gasteiger charge is -2.14. The molecule has 6 heteroatoms. The number of aliphatic hydroxyl groups is 1. The third-order valence-electron chi connectivity index (χ3n) is 6.48. The van der Waals surface area contributed by atoms with Crippen molar-refractivity contribution in [3.8, 4) is 17.2 Å². The molecule has 3 aromatic rings. The molecule has 0 spiro atoms. The van der Waals surface area contributed by atoms with Gasteiger partial charge in [0.2, 0.25) is 0 Å². The van der Waals surface area contributed by atoms with E-state index in [4.69, 9.17) is 0 Å². The van der Waals surface area contributed by atoms with Crippen molar-refractivity contribution in [2.45, 2.75) is 51.0 Å². The number of aryl methyl sites for hydroxylation is 1. The summed E-state index contributed by atoms with van der Waals surface area (Å²) in [5.41, 5.74) is 3.73. The van der Waals surface area contributed by atoms with Gasteiger partial charge in [0, 0.05) is 12.1 Å². The molecule has 0 aliphatic carbocycles. The van der Waals surface area contributed by atoms with Gasteiger partial charge in [0.05, 0.1) is 6.10 Å². The Labute approximate surface area is 214 Å². The van der Waals surface area contributed by atoms with E-state index in [1.165, 1.54) is 0 Å². The smallest absolute Gasteiger partial charge is 0.160 e. The number of phenols is 3.